The van der Waals surface area contributed by atoms with E-state index < -0.39 is 0 Å². The molecule has 0 bridgehead atoms. The number of nitrogens with zero attached hydrogens (tertiary/aromatic N) is 4. The number of hydrogen-bond donors (Lipinski definition) is 1. The number of amides is 3. The predicted molar refractivity (Wildman–Crippen MR) is 127 cm³/mol. The van der Waals surface area contributed by atoms with Gasteiger partial charge in [-0.1, -0.05) is 18.2 Å². The fourth-order valence-electron chi connectivity index (χ4n) is 4.06. The lowest BCUT2D eigenvalue weighted by Crippen LogP contribution is -2.51. The molecule has 1 N–H and O–H groups in total. The number of hydrogen-bond acceptors (Lipinski definition) is 5. The van der Waals surface area contributed by atoms with Crippen LogP contribution in [0, 0.1) is 0 Å². The van der Waals surface area contributed by atoms with Crippen LogP contribution in [0.3, 0.4) is 0 Å². The maximum Gasteiger partial charge on any atom is 0.258 e. The van der Waals surface area contributed by atoms with E-state index in [1.807, 2.05) is 24.3 Å². The highest BCUT2D eigenvalue weighted by molar-refractivity contribution is 6.04. The van der Waals surface area contributed by atoms with Gasteiger partial charge in [0, 0.05) is 51.1 Å². The van der Waals surface area contributed by atoms with Gasteiger partial charge in [-0.05, 0) is 35.9 Å². The van der Waals surface area contributed by atoms with Crippen LogP contribution >= 0.6 is 0 Å². The highest BCUT2D eigenvalue weighted by Gasteiger charge is 2.33. The standard InChI is InChI=1S/C25H27N5O4/c1-17(31)29-11-12-30(23(16-29)18-7-9-22(34-3)10-8-18)25(33)19-5-4-6-21(13-19)27-24(32)20-14-26-28(2)15-20/h4-10,13-15,23H,11-12,16H2,1-3H3,(H,27,32)/t23-/m1/s1. The number of anilines is 1. The molecule has 1 aliphatic rings. The van der Waals surface area contributed by atoms with E-state index in [1.54, 1.807) is 59.1 Å². The summed E-state index contributed by atoms with van der Waals surface area (Å²) in [6.45, 7) is 2.81. The summed E-state index contributed by atoms with van der Waals surface area (Å²) in [5.74, 6) is 0.231. The second kappa shape index (κ2) is 9.78. The Kier molecular flexibility index (Phi) is 6.62. The molecule has 1 atom stereocenters. The zero-order valence-corrected chi connectivity index (χ0v) is 19.4. The molecule has 0 aliphatic carbocycles. The summed E-state index contributed by atoms with van der Waals surface area (Å²) in [5, 5.41) is 6.83. The summed E-state index contributed by atoms with van der Waals surface area (Å²) >= 11 is 0. The molecular weight excluding hydrogens is 434 g/mol. The van der Waals surface area contributed by atoms with Crippen molar-refractivity contribution in [1.82, 2.24) is 19.6 Å². The zero-order valence-electron chi connectivity index (χ0n) is 19.4. The lowest BCUT2D eigenvalue weighted by molar-refractivity contribution is -0.131. The number of methoxy groups -OCH3 is 1. The summed E-state index contributed by atoms with van der Waals surface area (Å²) in [6.07, 6.45) is 3.11. The SMILES string of the molecule is COc1ccc([C@H]2CN(C(C)=O)CCN2C(=O)c2cccc(NC(=O)c3cnn(C)c3)c2)cc1. The van der Waals surface area contributed by atoms with Gasteiger partial charge in [0.1, 0.15) is 5.75 Å². The van der Waals surface area contributed by atoms with Gasteiger partial charge < -0.3 is 19.9 Å². The van der Waals surface area contributed by atoms with Gasteiger partial charge in [-0.2, -0.15) is 5.10 Å². The normalized spacial score (nSPS) is 15.7. The minimum atomic E-state index is -0.302. The van der Waals surface area contributed by atoms with Crippen molar-refractivity contribution in [3.8, 4) is 5.75 Å². The molecule has 9 heteroatoms. The molecule has 2 aromatic carbocycles. The van der Waals surface area contributed by atoms with E-state index in [2.05, 4.69) is 10.4 Å². The summed E-state index contributed by atoms with van der Waals surface area (Å²) < 4.78 is 6.80. The van der Waals surface area contributed by atoms with Gasteiger partial charge >= 0.3 is 0 Å². The third-order valence-corrected chi connectivity index (χ3v) is 5.92. The van der Waals surface area contributed by atoms with Crippen molar-refractivity contribution in [3.63, 3.8) is 0 Å². The summed E-state index contributed by atoms with van der Waals surface area (Å²) in [6, 6.07) is 14.1. The average Bonchev–Trinajstić information content (AvgIpc) is 3.30. The Morgan fingerprint density at radius 3 is 2.47 bits per heavy atom. The quantitative estimate of drug-likeness (QED) is 0.630. The lowest BCUT2D eigenvalue weighted by Gasteiger charge is -2.41. The lowest BCUT2D eigenvalue weighted by atomic mass is 10.0. The molecule has 2 heterocycles. The smallest absolute Gasteiger partial charge is 0.258 e. The predicted octanol–water partition coefficient (Wildman–Crippen LogP) is 2.73. The topological polar surface area (TPSA) is 96.8 Å². The van der Waals surface area contributed by atoms with Crippen molar-refractivity contribution in [2.24, 2.45) is 7.05 Å². The molecular formula is C25H27N5O4. The van der Waals surface area contributed by atoms with E-state index in [1.165, 1.54) is 13.1 Å². The fraction of sp³-hybridized carbons (Fsp3) is 0.280. The van der Waals surface area contributed by atoms with Crippen molar-refractivity contribution in [3.05, 3.63) is 77.6 Å². The molecule has 1 saturated heterocycles. The molecule has 1 fully saturated rings. The minimum absolute atomic E-state index is 0.0225. The van der Waals surface area contributed by atoms with Gasteiger partial charge in [-0.15, -0.1) is 0 Å². The number of aryl methyl sites for hydroxylation is 1. The van der Waals surface area contributed by atoms with Crippen LogP contribution in [-0.2, 0) is 11.8 Å². The Hall–Kier alpha value is -4.14. The zero-order chi connectivity index (χ0) is 24.2. The first kappa shape index (κ1) is 23.0. The summed E-state index contributed by atoms with van der Waals surface area (Å²) in [5.41, 5.74) is 2.32. The fourth-order valence-corrected chi connectivity index (χ4v) is 4.06. The van der Waals surface area contributed by atoms with Gasteiger partial charge in [-0.25, -0.2) is 0 Å². The minimum Gasteiger partial charge on any atom is -0.497 e. The van der Waals surface area contributed by atoms with Gasteiger partial charge in [0.25, 0.3) is 11.8 Å². The van der Waals surface area contributed by atoms with Crippen molar-refractivity contribution in [2.45, 2.75) is 13.0 Å². The molecule has 0 spiro atoms. The molecule has 0 radical (unpaired) electrons. The number of ether oxygens (including phenoxy) is 1. The largest absolute Gasteiger partial charge is 0.497 e. The molecule has 3 aromatic rings. The van der Waals surface area contributed by atoms with Crippen LogP contribution in [0.5, 0.6) is 5.75 Å². The van der Waals surface area contributed by atoms with Crippen LogP contribution in [0.15, 0.2) is 60.9 Å². The van der Waals surface area contributed by atoms with Crippen LogP contribution in [0.2, 0.25) is 0 Å². The second-order valence-electron chi connectivity index (χ2n) is 8.19. The average molecular weight is 462 g/mol. The molecule has 9 nitrogen and oxygen atoms in total. The first-order valence-corrected chi connectivity index (χ1v) is 11.0. The Morgan fingerprint density at radius 1 is 1.06 bits per heavy atom. The number of nitrogens with one attached hydrogen (secondary N) is 1. The number of piperazine rings is 1. The third-order valence-electron chi connectivity index (χ3n) is 5.92. The highest BCUT2D eigenvalue weighted by Crippen LogP contribution is 2.29. The Morgan fingerprint density at radius 2 is 1.82 bits per heavy atom. The van der Waals surface area contributed by atoms with E-state index in [0.29, 0.717) is 36.4 Å². The van der Waals surface area contributed by atoms with E-state index in [9.17, 15) is 14.4 Å². The van der Waals surface area contributed by atoms with Crippen molar-refractivity contribution < 1.29 is 19.1 Å². The van der Waals surface area contributed by atoms with Crippen molar-refractivity contribution in [1.29, 1.82) is 0 Å². The third kappa shape index (κ3) is 4.93. The number of carbonyl (C=O) groups is 3. The van der Waals surface area contributed by atoms with Crippen LogP contribution < -0.4 is 10.1 Å². The van der Waals surface area contributed by atoms with Crippen LogP contribution in [0.25, 0.3) is 0 Å². The number of benzene rings is 2. The van der Waals surface area contributed by atoms with E-state index in [-0.39, 0.29) is 23.8 Å². The highest BCUT2D eigenvalue weighted by atomic mass is 16.5. The van der Waals surface area contributed by atoms with E-state index in [0.717, 1.165) is 11.3 Å². The van der Waals surface area contributed by atoms with Crippen LogP contribution in [0.4, 0.5) is 5.69 Å². The van der Waals surface area contributed by atoms with Gasteiger partial charge in [0.15, 0.2) is 0 Å². The molecule has 4 rings (SSSR count). The molecule has 34 heavy (non-hydrogen) atoms. The van der Waals surface area contributed by atoms with Crippen molar-refractivity contribution in [2.75, 3.05) is 32.1 Å². The molecule has 0 saturated carbocycles. The maximum absolute atomic E-state index is 13.6. The molecule has 1 aromatic heterocycles. The van der Waals surface area contributed by atoms with E-state index >= 15 is 0 Å². The molecule has 0 unspecified atom stereocenters. The van der Waals surface area contributed by atoms with Gasteiger partial charge in [-0.3, -0.25) is 19.1 Å². The first-order chi connectivity index (χ1) is 16.4. The van der Waals surface area contributed by atoms with Crippen molar-refractivity contribution >= 4 is 23.4 Å². The number of carbonyl (C=O) groups excluding carboxylic acids is 3. The Balaban J connectivity index is 1.57. The first-order valence-electron chi connectivity index (χ1n) is 11.0. The summed E-state index contributed by atoms with van der Waals surface area (Å²) in [7, 11) is 3.34. The molecule has 1 aliphatic heterocycles. The number of rotatable bonds is 5. The Labute approximate surface area is 197 Å². The van der Waals surface area contributed by atoms with Gasteiger partial charge in [0.2, 0.25) is 5.91 Å². The monoisotopic (exact) mass is 461 g/mol. The summed E-state index contributed by atoms with van der Waals surface area (Å²) in [4.78, 5) is 41.6. The second-order valence-corrected chi connectivity index (χ2v) is 8.19. The van der Waals surface area contributed by atoms with E-state index in [4.69, 9.17) is 4.74 Å². The molecule has 3 amide bonds. The molecule has 176 valence electrons. The number of aromatic nitrogens is 2. The Bertz CT molecular complexity index is 1200. The van der Waals surface area contributed by atoms with Gasteiger partial charge in [0.05, 0.1) is 24.9 Å². The van der Waals surface area contributed by atoms with Crippen LogP contribution in [0.1, 0.15) is 39.2 Å². The van der Waals surface area contributed by atoms with Crippen LogP contribution in [-0.4, -0.2) is 64.0 Å². The maximum atomic E-state index is 13.6.